The minimum Gasteiger partial charge on any atom is -0.463 e. The van der Waals surface area contributed by atoms with Crippen molar-refractivity contribution in [1.82, 2.24) is 4.57 Å². The fourth-order valence-corrected chi connectivity index (χ4v) is 18.9. The Labute approximate surface area is 425 Å². The Bertz CT molecular complexity index is 2930. The topological polar surface area (TPSA) is 41.9 Å². The molecule has 2 aliphatic heterocycles. The molecule has 0 bridgehead atoms. The first-order valence-corrected chi connectivity index (χ1v) is 30.9. The van der Waals surface area contributed by atoms with E-state index in [4.69, 9.17) is 18.8 Å². The Kier molecular flexibility index (Phi) is 12.8. The van der Waals surface area contributed by atoms with Crippen molar-refractivity contribution < 1.29 is 18.8 Å². The number of hydrogen-bond donors (Lipinski definition) is 0. The third-order valence-corrected chi connectivity index (χ3v) is 25.2. The molecular formula is C63H72BNO4Si2. The van der Waals surface area contributed by atoms with E-state index in [0.717, 1.165) is 53.6 Å². The molecule has 0 saturated carbocycles. The van der Waals surface area contributed by atoms with Gasteiger partial charge in [0.25, 0.3) is 0 Å². The molecule has 0 aliphatic carbocycles. The first-order valence-electron chi connectivity index (χ1n) is 25.9. The van der Waals surface area contributed by atoms with Crippen LogP contribution in [-0.4, -0.2) is 51.9 Å². The van der Waals surface area contributed by atoms with E-state index >= 15 is 0 Å². The van der Waals surface area contributed by atoms with Crippen molar-refractivity contribution >= 4 is 81.7 Å². The highest BCUT2D eigenvalue weighted by Gasteiger charge is 2.53. The normalized spacial score (nSPS) is 17.5. The lowest BCUT2D eigenvalue weighted by Gasteiger charge is -2.35. The van der Waals surface area contributed by atoms with Gasteiger partial charge in [-0.3, -0.25) is 0 Å². The molecule has 71 heavy (non-hydrogen) atoms. The summed E-state index contributed by atoms with van der Waals surface area (Å²) in [7, 11) is -5.83. The standard InChI is InChI=1S/C63H72BNO4Si2/c1-60(2,3)44-61(4,5)45-40-54(64-68-62(6,7)63(8,9)69-64)59(67-58-34-24-25-39-66-58)57(41-45)65-55-42-50(70(10,46-26-16-12-17-27-46)47-28-18-13-19-29-47)35-37-52(55)53-38-36-51(43-56(53)65)71(11,48-30-20-14-21-31-48)49-32-22-15-23-33-49/h12-23,26-33,35-38,40-43,58H,24-25,34,39,44H2,1-11H3. The van der Waals surface area contributed by atoms with Crippen molar-refractivity contribution in [1.29, 1.82) is 0 Å². The number of nitrogens with zero attached hydrogens (tertiary/aromatic N) is 1. The second-order valence-electron chi connectivity index (χ2n) is 23.6. The van der Waals surface area contributed by atoms with Crippen LogP contribution in [0.25, 0.3) is 27.5 Å². The SMILES string of the molecule is CC(C)(C)CC(C)(C)c1cc(B2OC(C)(C)C(C)(C)O2)c(OC2CCCCO2)c(-n2c3cc([Si](C)(c4ccccc4)c4ccccc4)ccc3c3ccc([Si](C)(c4ccccc4)c4ccccc4)cc32)c1. The van der Waals surface area contributed by atoms with E-state index in [0.29, 0.717) is 6.61 Å². The van der Waals surface area contributed by atoms with E-state index in [1.807, 2.05) is 0 Å². The summed E-state index contributed by atoms with van der Waals surface area (Å²) in [6, 6.07) is 64.2. The molecule has 0 amide bonds. The van der Waals surface area contributed by atoms with Gasteiger partial charge in [0.05, 0.1) is 34.5 Å². The van der Waals surface area contributed by atoms with E-state index < -0.39 is 40.8 Å². The maximum Gasteiger partial charge on any atom is 0.498 e. The Morgan fingerprint density at radius 2 is 1.00 bits per heavy atom. The van der Waals surface area contributed by atoms with Crippen molar-refractivity contribution in [2.24, 2.45) is 5.41 Å². The summed E-state index contributed by atoms with van der Waals surface area (Å²) in [6.45, 7) is 26.1. The molecule has 5 nitrogen and oxygen atoms in total. The fourth-order valence-electron chi connectivity index (χ4n) is 11.8. The van der Waals surface area contributed by atoms with Crippen LogP contribution in [0.2, 0.25) is 13.1 Å². The summed E-state index contributed by atoms with van der Waals surface area (Å²) in [5.74, 6) is 0.748. The van der Waals surface area contributed by atoms with E-state index in [2.05, 4.69) is 250 Å². The van der Waals surface area contributed by atoms with Crippen LogP contribution in [0, 0.1) is 5.41 Å². The molecule has 8 aromatic rings. The number of hydrogen-bond acceptors (Lipinski definition) is 4. The lowest BCUT2D eigenvalue weighted by atomic mass is 9.69. The highest BCUT2D eigenvalue weighted by atomic mass is 28.3. The first-order chi connectivity index (χ1) is 33.8. The molecule has 3 heterocycles. The molecule has 1 atom stereocenters. The molecule has 8 heteroatoms. The average Bonchev–Trinajstić information content (AvgIpc) is 3.80. The van der Waals surface area contributed by atoms with Gasteiger partial charge in [0, 0.05) is 22.7 Å². The van der Waals surface area contributed by atoms with Crippen LogP contribution >= 0.6 is 0 Å². The van der Waals surface area contributed by atoms with Crippen LogP contribution in [0.15, 0.2) is 170 Å². The monoisotopic (exact) mass is 974 g/mol. The lowest BCUT2D eigenvalue weighted by molar-refractivity contribution is -0.105. The molecule has 10 rings (SSSR count). The molecule has 0 radical (unpaired) electrons. The van der Waals surface area contributed by atoms with E-state index in [1.165, 1.54) is 47.5 Å². The van der Waals surface area contributed by atoms with Gasteiger partial charge in [-0.1, -0.05) is 199 Å². The van der Waals surface area contributed by atoms with Crippen molar-refractivity contribution in [3.8, 4) is 11.4 Å². The number of ether oxygens (including phenoxy) is 2. The van der Waals surface area contributed by atoms with Gasteiger partial charge in [-0.2, -0.15) is 0 Å². The second-order valence-corrected chi connectivity index (χ2v) is 31.5. The van der Waals surface area contributed by atoms with E-state index in [-0.39, 0.29) is 10.8 Å². The third-order valence-electron chi connectivity index (χ3n) is 16.3. The summed E-state index contributed by atoms with van der Waals surface area (Å²) in [5, 5.41) is 10.6. The Morgan fingerprint density at radius 3 is 1.39 bits per heavy atom. The van der Waals surface area contributed by atoms with Crippen molar-refractivity contribution in [3.05, 3.63) is 175 Å². The maximum absolute atomic E-state index is 7.44. The lowest BCUT2D eigenvalue weighted by Crippen LogP contribution is -2.64. The smallest absolute Gasteiger partial charge is 0.463 e. The molecular weight excluding hydrogens is 902 g/mol. The maximum atomic E-state index is 7.44. The van der Waals surface area contributed by atoms with Gasteiger partial charge in [-0.05, 0) is 113 Å². The molecule has 0 spiro atoms. The molecule has 0 N–H and O–H groups in total. The van der Waals surface area contributed by atoms with Crippen molar-refractivity contribution in [2.45, 2.75) is 124 Å². The predicted octanol–water partition coefficient (Wildman–Crippen LogP) is 10.9. The summed E-state index contributed by atoms with van der Waals surface area (Å²) in [5.41, 5.74) is 4.05. The minimum atomic E-state index is -2.58. The Morgan fingerprint density at radius 1 is 0.563 bits per heavy atom. The Balaban J connectivity index is 1.35. The van der Waals surface area contributed by atoms with Gasteiger partial charge in [0.15, 0.2) is 6.29 Å². The zero-order chi connectivity index (χ0) is 50.0. The summed E-state index contributed by atoms with van der Waals surface area (Å²) < 4.78 is 30.7. The van der Waals surface area contributed by atoms with Gasteiger partial charge < -0.3 is 23.3 Å². The van der Waals surface area contributed by atoms with E-state index in [1.54, 1.807) is 0 Å². The van der Waals surface area contributed by atoms with Crippen LogP contribution in [-0.2, 0) is 19.5 Å². The van der Waals surface area contributed by atoms with Gasteiger partial charge in [0.1, 0.15) is 21.9 Å². The number of rotatable bonds is 12. The van der Waals surface area contributed by atoms with Crippen LogP contribution in [0.5, 0.6) is 5.75 Å². The fraction of sp³-hybridized carbons (Fsp3) is 0.333. The zero-order valence-corrected chi connectivity index (χ0v) is 45.9. The van der Waals surface area contributed by atoms with Crippen molar-refractivity contribution in [3.63, 3.8) is 0 Å². The van der Waals surface area contributed by atoms with Gasteiger partial charge in [-0.15, -0.1) is 0 Å². The Hall–Kier alpha value is -5.48. The van der Waals surface area contributed by atoms with Gasteiger partial charge in [-0.25, -0.2) is 0 Å². The molecule has 1 unspecified atom stereocenters. The largest absolute Gasteiger partial charge is 0.498 e. The molecule has 2 fully saturated rings. The van der Waals surface area contributed by atoms with E-state index in [9.17, 15) is 0 Å². The number of fused-ring (bicyclic) bond motifs is 3. The molecule has 1 aromatic heterocycles. The summed E-state index contributed by atoms with van der Waals surface area (Å²) in [4.78, 5) is 0. The molecule has 7 aromatic carbocycles. The van der Waals surface area contributed by atoms with Crippen LogP contribution < -0.4 is 41.3 Å². The highest BCUT2D eigenvalue weighted by Crippen LogP contribution is 2.44. The summed E-state index contributed by atoms with van der Waals surface area (Å²) in [6.07, 6.45) is 3.40. The van der Waals surface area contributed by atoms with Gasteiger partial charge in [0.2, 0.25) is 0 Å². The number of benzene rings is 7. The third kappa shape index (κ3) is 8.99. The van der Waals surface area contributed by atoms with Crippen LogP contribution in [0.1, 0.15) is 93.6 Å². The molecule has 2 saturated heterocycles. The average molecular weight is 974 g/mol. The molecule has 2 aliphatic rings. The van der Waals surface area contributed by atoms with Crippen LogP contribution in [0.4, 0.5) is 0 Å². The van der Waals surface area contributed by atoms with Crippen molar-refractivity contribution in [2.75, 3.05) is 6.61 Å². The molecule has 364 valence electrons. The van der Waals surface area contributed by atoms with Crippen LogP contribution in [0.3, 0.4) is 0 Å². The zero-order valence-electron chi connectivity index (χ0n) is 43.9. The highest BCUT2D eigenvalue weighted by molar-refractivity contribution is 7.11. The quantitative estimate of drug-likeness (QED) is 0.0904. The summed E-state index contributed by atoms with van der Waals surface area (Å²) >= 11 is 0. The van der Waals surface area contributed by atoms with Gasteiger partial charge >= 0.3 is 7.12 Å². The first kappa shape index (κ1) is 49.1. The number of aromatic nitrogens is 1. The second kappa shape index (κ2) is 18.5. The predicted molar refractivity (Wildman–Crippen MR) is 305 cm³/mol. The minimum absolute atomic E-state index is 0.0594.